The van der Waals surface area contributed by atoms with Crippen LogP contribution in [0.3, 0.4) is 0 Å². The molecule has 3 aromatic rings. The van der Waals surface area contributed by atoms with Crippen LogP contribution in [0.2, 0.25) is 0 Å². The number of aromatic nitrogens is 1. The quantitative estimate of drug-likeness (QED) is 0.459. The number of ether oxygens (including phenoxy) is 1. The fourth-order valence-corrected chi connectivity index (χ4v) is 4.92. The van der Waals surface area contributed by atoms with Crippen LogP contribution in [0.1, 0.15) is 35.4 Å². The molecule has 1 amide bonds. The third kappa shape index (κ3) is 3.84. The summed E-state index contributed by atoms with van der Waals surface area (Å²) in [5.41, 5.74) is 1.89. The molecule has 31 heavy (non-hydrogen) atoms. The van der Waals surface area contributed by atoms with Crippen LogP contribution < -0.4 is 10.6 Å². The summed E-state index contributed by atoms with van der Waals surface area (Å²) in [7, 11) is 0. The molecule has 1 aliphatic rings. The van der Waals surface area contributed by atoms with Crippen LogP contribution in [0.15, 0.2) is 53.5 Å². The standard InChI is InChI=1S/C23H20N2O4S2/c1-3-11-29-22(28)18(14-7-5-4-6-8-14)25-21(27)19(31-23(25)30)17-15-12-13(2)9-10-16(15)24-20(17)26/h4-10,12,18,27H,3,11H2,1-2H3. The van der Waals surface area contributed by atoms with Crippen molar-refractivity contribution in [3.63, 3.8) is 0 Å². The number of esters is 1. The molecule has 0 saturated heterocycles. The average molecular weight is 453 g/mol. The molecule has 0 spiro atoms. The van der Waals surface area contributed by atoms with E-state index in [-0.39, 0.29) is 16.4 Å². The first-order valence-electron chi connectivity index (χ1n) is 9.82. The first-order chi connectivity index (χ1) is 14.9. The Morgan fingerprint density at radius 2 is 2.00 bits per heavy atom. The number of amides is 1. The van der Waals surface area contributed by atoms with Gasteiger partial charge in [-0.25, -0.2) is 9.79 Å². The van der Waals surface area contributed by atoms with Gasteiger partial charge >= 0.3 is 5.97 Å². The molecule has 0 radical (unpaired) electrons. The van der Waals surface area contributed by atoms with Crippen molar-refractivity contribution in [2.45, 2.75) is 26.3 Å². The topological polar surface area (TPSA) is 80.9 Å². The molecular formula is C23H20N2O4S2. The minimum atomic E-state index is -0.962. The molecule has 0 bridgehead atoms. The fourth-order valence-electron chi connectivity index (χ4n) is 3.52. The molecule has 0 fully saturated rings. The molecule has 1 N–H and O–H groups in total. The highest BCUT2D eigenvalue weighted by atomic mass is 32.1. The average Bonchev–Trinajstić information content (AvgIpc) is 3.22. The van der Waals surface area contributed by atoms with Gasteiger partial charge in [0.05, 0.1) is 17.5 Å². The van der Waals surface area contributed by atoms with E-state index in [2.05, 4.69) is 4.99 Å². The number of thiazole rings is 1. The second-order valence-corrected chi connectivity index (χ2v) is 8.83. The van der Waals surface area contributed by atoms with E-state index in [1.807, 2.05) is 32.0 Å². The van der Waals surface area contributed by atoms with Gasteiger partial charge in [0.15, 0.2) is 10.00 Å². The molecule has 2 heterocycles. The number of fused-ring (bicyclic) bond motifs is 1. The van der Waals surface area contributed by atoms with Crippen molar-refractivity contribution in [1.82, 2.24) is 4.57 Å². The van der Waals surface area contributed by atoms with Crippen molar-refractivity contribution in [2.24, 2.45) is 4.99 Å². The molecule has 1 aromatic heterocycles. The van der Waals surface area contributed by atoms with Crippen LogP contribution in [0, 0.1) is 10.9 Å². The highest BCUT2D eigenvalue weighted by molar-refractivity contribution is 7.73. The number of hydrogen-bond donors (Lipinski definition) is 1. The van der Waals surface area contributed by atoms with Crippen molar-refractivity contribution in [3.05, 3.63) is 79.1 Å². The van der Waals surface area contributed by atoms with Crippen LogP contribution >= 0.6 is 23.6 Å². The minimum Gasteiger partial charge on any atom is -0.493 e. The molecule has 8 heteroatoms. The molecule has 1 atom stereocenters. The predicted molar refractivity (Wildman–Crippen MR) is 120 cm³/mol. The first-order valence-corrected chi connectivity index (χ1v) is 11.0. The molecule has 1 unspecified atom stereocenters. The third-order valence-electron chi connectivity index (χ3n) is 4.95. The van der Waals surface area contributed by atoms with Crippen molar-refractivity contribution < 1.29 is 19.4 Å². The van der Waals surface area contributed by atoms with Gasteiger partial charge < -0.3 is 9.84 Å². The molecule has 158 valence electrons. The molecule has 4 rings (SSSR count). The second-order valence-electron chi connectivity index (χ2n) is 7.18. The summed E-state index contributed by atoms with van der Waals surface area (Å²) in [6, 6.07) is 13.5. The second kappa shape index (κ2) is 8.56. The van der Waals surface area contributed by atoms with Gasteiger partial charge in [-0.1, -0.05) is 48.9 Å². The van der Waals surface area contributed by atoms with Crippen LogP contribution in [-0.2, 0) is 14.3 Å². The van der Waals surface area contributed by atoms with Crippen LogP contribution in [0.5, 0.6) is 5.88 Å². The fraction of sp³-hybridized carbons (Fsp3) is 0.217. The molecule has 1 aliphatic heterocycles. The van der Waals surface area contributed by atoms with E-state index in [1.165, 1.54) is 4.57 Å². The van der Waals surface area contributed by atoms with Crippen molar-refractivity contribution >= 4 is 41.0 Å². The van der Waals surface area contributed by atoms with E-state index >= 15 is 0 Å². The number of carbonyl (C=O) groups excluding carboxylic acids is 2. The van der Waals surface area contributed by atoms with Gasteiger partial charge in [0.1, 0.15) is 4.88 Å². The zero-order chi connectivity index (χ0) is 22.1. The summed E-state index contributed by atoms with van der Waals surface area (Å²) in [4.78, 5) is 30.0. The van der Waals surface area contributed by atoms with E-state index in [0.717, 1.165) is 16.9 Å². The monoisotopic (exact) mass is 452 g/mol. The smallest absolute Gasteiger partial charge is 0.334 e. The number of nitrogens with zero attached hydrogens (tertiary/aromatic N) is 2. The van der Waals surface area contributed by atoms with E-state index in [4.69, 9.17) is 17.0 Å². The zero-order valence-corrected chi connectivity index (χ0v) is 18.6. The van der Waals surface area contributed by atoms with Gasteiger partial charge in [-0.3, -0.25) is 9.36 Å². The number of aromatic hydroxyl groups is 1. The Labute approximate surface area is 187 Å². The Morgan fingerprint density at radius 1 is 1.26 bits per heavy atom. The number of aryl methyl sites for hydroxylation is 1. The summed E-state index contributed by atoms with van der Waals surface area (Å²) < 4.78 is 7.01. The number of carbonyl (C=O) groups is 2. The van der Waals surface area contributed by atoms with E-state index in [0.29, 0.717) is 33.0 Å². The van der Waals surface area contributed by atoms with Crippen LogP contribution in [0.25, 0.3) is 5.57 Å². The van der Waals surface area contributed by atoms with E-state index in [1.54, 1.807) is 30.3 Å². The Kier molecular flexibility index (Phi) is 5.84. The SMILES string of the molecule is CCCOC(=O)C(c1ccccc1)n1c(O)c(C2=c3cc(C)ccc3=NC2=O)sc1=S. The predicted octanol–water partition coefficient (Wildman–Crippen LogP) is 3.19. The number of hydrogen-bond acceptors (Lipinski definition) is 6. The lowest BCUT2D eigenvalue weighted by Gasteiger charge is -2.19. The highest BCUT2D eigenvalue weighted by Crippen LogP contribution is 2.37. The largest absolute Gasteiger partial charge is 0.493 e. The summed E-state index contributed by atoms with van der Waals surface area (Å²) >= 11 is 6.60. The molecule has 6 nitrogen and oxygen atoms in total. The lowest BCUT2D eigenvalue weighted by atomic mass is 10.1. The first kappa shape index (κ1) is 21.1. The Morgan fingerprint density at radius 3 is 2.71 bits per heavy atom. The zero-order valence-electron chi connectivity index (χ0n) is 17.0. The summed E-state index contributed by atoms with van der Waals surface area (Å²) in [5.74, 6) is -1.21. The summed E-state index contributed by atoms with van der Waals surface area (Å²) in [6.07, 6.45) is 0.670. The number of rotatable bonds is 6. The summed E-state index contributed by atoms with van der Waals surface area (Å²) in [5, 5.41) is 12.4. The van der Waals surface area contributed by atoms with Gasteiger partial charge in [0, 0.05) is 5.22 Å². The van der Waals surface area contributed by atoms with Gasteiger partial charge in [0.2, 0.25) is 5.88 Å². The normalized spacial score (nSPS) is 13.6. The lowest BCUT2D eigenvalue weighted by molar-refractivity contribution is -0.146. The van der Waals surface area contributed by atoms with Crippen molar-refractivity contribution in [3.8, 4) is 5.88 Å². The van der Waals surface area contributed by atoms with Crippen molar-refractivity contribution in [1.29, 1.82) is 0 Å². The molecular weight excluding hydrogens is 432 g/mol. The van der Waals surface area contributed by atoms with E-state index < -0.39 is 17.9 Å². The summed E-state index contributed by atoms with van der Waals surface area (Å²) in [6.45, 7) is 4.08. The maximum atomic E-state index is 13.0. The van der Waals surface area contributed by atoms with E-state index in [9.17, 15) is 14.7 Å². The van der Waals surface area contributed by atoms with Crippen molar-refractivity contribution in [2.75, 3.05) is 6.61 Å². The Bertz CT molecular complexity index is 1360. The third-order valence-corrected chi connectivity index (χ3v) is 6.36. The van der Waals surface area contributed by atoms with Gasteiger partial charge in [-0.05, 0) is 43.3 Å². The maximum Gasteiger partial charge on any atom is 0.334 e. The Balaban J connectivity index is 1.92. The molecule has 0 saturated carbocycles. The number of benzene rings is 2. The van der Waals surface area contributed by atoms with Crippen LogP contribution in [0.4, 0.5) is 0 Å². The highest BCUT2D eigenvalue weighted by Gasteiger charge is 2.32. The molecule has 0 aliphatic carbocycles. The minimum absolute atomic E-state index is 0.245. The Hall–Kier alpha value is -3.10. The van der Waals surface area contributed by atoms with Crippen LogP contribution in [-0.4, -0.2) is 28.2 Å². The van der Waals surface area contributed by atoms with Gasteiger partial charge in [-0.15, -0.1) is 11.3 Å². The molecule has 2 aromatic carbocycles. The maximum absolute atomic E-state index is 13.0. The van der Waals surface area contributed by atoms with Gasteiger partial charge in [-0.2, -0.15) is 0 Å². The van der Waals surface area contributed by atoms with Gasteiger partial charge in [0.25, 0.3) is 5.91 Å². The lowest BCUT2D eigenvalue weighted by Crippen LogP contribution is -2.24.